The van der Waals surface area contributed by atoms with E-state index < -0.39 is 30.4 Å². The Bertz CT molecular complexity index is 635. The minimum Gasteiger partial charge on any atom is -0.480 e. The first kappa shape index (κ1) is 36.8. The number of hydrogen-bond donors (Lipinski definition) is 4. The maximum absolute atomic E-state index is 12.1. The Morgan fingerprint density at radius 2 is 1.11 bits per heavy atom. The molecule has 0 atom stereocenters. The van der Waals surface area contributed by atoms with Crippen molar-refractivity contribution in [2.24, 2.45) is 0 Å². The quantitative estimate of drug-likeness (QED) is 0.0873. The summed E-state index contributed by atoms with van der Waals surface area (Å²) >= 11 is 0. The van der Waals surface area contributed by atoms with Gasteiger partial charge in [-0.1, -0.05) is 0 Å². The molecule has 0 aliphatic rings. The van der Waals surface area contributed by atoms with Gasteiger partial charge in [-0.3, -0.25) is 38.7 Å². The molecular formula is C21H38GdN4O10. The Labute approximate surface area is 242 Å². The molecule has 0 fully saturated rings. The first-order valence-electron chi connectivity index (χ1n) is 11.2. The first-order valence-corrected chi connectivity index (χ1v) is 11.2. The van der Waals surface area contributed by atoms with E-state index in [1.165, 1.54) is 28.9 Å². The van der Waals surface area contributed by atoms with E-state index >= 15 is 0 Å². The molecule has 0 saturated carbocycles. The van der Waals surface area contributed by atoms with Crippen molar-refractivity contribution in [3.63, 3.8) is 0 Å². The molecule has 0 heterocycles. The van der Waals surface area contributed by atoms with Crippen LogP contribution in [0, 0.1) is 39.9 Å². The van der Waals surface area contributed by atoms with Gasteiger partial charge in [0.2, 0.25) is 5.91 Å². The zero-order valence-corrected chi connectivity index (χ0v) is 23.1. The van der Waals surface area contributed by atoms with Crippen LogP contribution in [0.15, 0.2) is 0 Å². The SMILES string of the molecule is COCCCC(=O)CN(CCN(CCN(CC(=O)O)CC(=O)NCCOC)CC(=O)O)CC(=O)O.[Gd]. The summed E-state index contributed by atoms with van der Waals surface area (Å²) in [6.45, 7) is -0.0232. The number of methoxy groups -OCH3 is 2. The van der Waals surface area contributed by atoms with Crippen molar-refractivity contribution in [1.29, 1.82) is 0 Å². The number of carboxylic acid groups (broad SMARTS) is 3. The summed E-state index contributed by atoms with van der Waals surface area (Å²) in [7, 11) is 3.00. The van der Waals surface area contributed by atoms with Crippen LogP contribution in [-0.4, -0.2) is 152 Å². The molecule has 0 aliphatic carbocycles. The summed E-state index contributed by atoms with van der Waals surface area (Å²) in [4.78, 5) is 62.2. The van der Waals surface area contributed by atoms with Gasteiger partial charge < -0.3 is 30.1 Å². The van der Waals surface area contributed by atoms with Crippen molar-refractivity contribution >= 4 is 29.6 Å². The summed E-state index contributed by atoms with van der Waals surface area (Å²) in [5, 5.41) is 30.1. The molecule has 0 aromatic heterocycles. The third kappa shape index (κ3) is 21.9. The molecule has 1 amide bonds. The van der Waals surface area contributed by atoms with Crippen LogP contribution in [0.5, 0.6) is 0 Å². The Morgan fingerprint density at radius 1 is 0.667 bits per heavy atom. The number of hydrogen-bond acceptors (Lipinski definition) is 10. The van der Waals surface area contributed by atoms with E-state index in [1.807, 2.05) is 0 Å². The minimum absolute atomic E-state index is 0. The van der Waals surface area contributed by atoms with Gasteiger partial charge in [-0.05, 0) is 6.42 Å². The fourth-order valence-corrected chi connectivity index (χ4v) is 3.13. The number of carbonyl (C=O) groups excluding carboxylic acids is 2. The van der Waals surface area contributed by atoms with Crippen LogP contribution < -0.4 is 5.32 Å². The summed E-state index contributed by atoms with van der Waals surface area (Å²) in [6, 6.07) is 0. The fraction of sp³-hybridized carbons (Fsp3) is 0.762. The Balaban J connectivity index is 0. The molecule has 0 aromatic carbocycles. The molecule has 0 saturated heterocycles. The molecule has 14 nitrogen and oxygen atoms in total. The van der Waals surface area contributed by atoms with Crippen LogP contribution in [-0.2, 0) is 33.4 Å². The third-order valence-corrected chi connectivity index (χ3v) is 4.74. The monoisotopic (exact) mass is 664 g/mol. The van der Waals surface area contributed by atoms with Crippen LogP contribution in [0.1, 0.15) is 12.8 Å². The number of amides is 1. The van der Waals surface area contributed by atoms with E-state index in [4.69, 9.17) is 19.7 Å². The molecule has 0 rings (SSSR count). The van der Waals surface area contributed by atoms with E-state index in [-0.39, 0.29) is 111 Å². The van der Waals surface area contributed by atoms with Gasteiger partial charge in [0, 0.05) is 99.9 Å². The second kappa shape index (κ2) is 22.8. The Hall–Kier alpha value is -1.33. The number of rotatable bonds is 23. The number of Topliss-reactive ketones (excluding diaryl/α,β-unsaturated/α-hetero) is 1. The average Bonchev–Trinajstić information content (AvgIpc) is 2.74. The molecule has 210 valence electrons. The first-order chi connectivity index (χ1) is 16.6. The van der Waals surface area contributed by atoms with Crippen molar-refractivity contribution in [2.75, 3.05) is 92.9 Å². The maximum atomic E-state index is 12.1. The number of carboxylic acids is 3. The zero-order valence-electron chi connectivity index (χ0n) is 20.8. The van der Waals surface area contributed by atoms with Crippen molar-refractivity contribution in [2.45, 2.75) is 12.8 Å². The molecule has 0 bridgehead atoms. The number of ether oxygens (including phenoxy) is 2. The average molecular weight is 664 g/mol. The zero-order chi connectivity index (χ0) is 26.6. The van der Waals surface area contributed by atoms with Crippen molar-refractivity contribution in [1.82, 2.24) is 20.0 Å². The number of carbonyl (C=O) groups is 5. The van der Waals surface area contributed by atoms with Crippen LogP contribution in [0.2, 0.25) is 0 Å². The van der Waals surface area contributed by atoms with Gasteiger partial charge in [0.05, 0.1) is 39.3 Å². The maximum Gasteiger partial charge on any atom is 0.317 e. The molecule has 0 spiro atoms. The van der Waals surface area contributed by atoms with E-state index in [0.29, 0.717) is 19.6 Å². The minimum atomic E-state index is -1.14. The van der Waals surface area contributed by atoms with Gasteiger partial charge in [-0.25, -0.2) is 0 Å². The molecular weight excluding hydrogens is 625 g/mol. The Kier molecular flexibility index (Phi) is 23.4. The number of ketones is 1. The molecule has 0 radical (unpaired) electrons. The van der Waals surface area contributed by atoms with Gasteiger partial charge in [-0.2, -0.15) is 0 Å². The third-order valence-electron chi connectivity index (χ3n) is 4.74. The van der Waals surface area contributed by atoms with Crippen molar-refractivity contribution < 1.29 is 88.7 Å². The molecule has 0 aromatic rings. The van der Waals surface area contributed by atoms with Crippen molar-refractivity contribution in [3.05, 3.63) is 0 Å². The number of nitrogens with one attached hydrogen (secondary N) is 1. The predicted molar refractivity (Wildman–Crippen MR) is 123 cm³/mol. The van der Waals surface area contributed by atoms with Crippen molar-refractivity contribution in [3.8, 4) is 0 Å². The predicted octanol–water partition coefficient (Wildman–Crippen LogP) is -2.10. The smallest absolute Gasteiger partial charge is 0.317 e. The van der Waals surface area contributed by atoms with Crippen LogP contribution in [0.3, 0.4) is 0 Å². The van der Waals surface area contributed by atoms with Gasteiger partial charge in [0.1, 0.15) is 5.78 Å². The Morgan fingerprint density at radius 3 is 1.58 bits per heavy atom. The second-order valence-electron chi connectivity index (χ2n) is 7.86. The number of aliphatic carboxylic acids is 3. The normalized spacial score (nSPS) is 10.9. The summed E-state index contributed by atoms with van der Waals surface area (Å²) in [6.07, 6.45) is 0.749. The molecule has 0 unspecified atom stereocenters. The van der Waals surface area contributed by atoms with Crippen LogP contribution in [0.4, 0.5) is 0 Å². The topological polar surface area (TPSA) is 186 Å². The largest absolute Gasteiger partial charge is 0.480 e. The standard InChI is InChI=1S/C21H38N4O10.Gd/c1-34-10-3-4-17(26)12-24(15-20(30)31)8-6-23(14-19(28)29)7-9-25(16-21(32)33)13-18(27)22-5-11-35-2;/h3-16H2,1-2H3,(H,22,27)(H,28,29)(H,30,31)(H,32,33);. The fourth-order valence-electron chi connectivity index (χ4n) is 3.13. The molecule has 4 N–H and O–H groups in total. The molecule has 36 heavy (non-hydrogen) atoms. The van der Waals surface area contributed by atoms with E-state index in [0.717, 1.165) is 0 Å². The van der Waals surface area contributed by atoms with E-state index in [1.54, 1.807) is 0 Å². The van der Waals surface area contributed by atoms with E-state index in [2.05, 4.69) is 5.32 Å². The van der Waals surface area contributed by atoms with Crippen LogP contribution in [0.25, 0.3) is 0 Å². The van der Waals surface area contributed by atoms with Gasteiger partial charge in [-0.15, -0.1) is 0 Å². The summed E-state index contributed by atoms with van der Waals surface area (Å²) < 4.78 is 9.75. The van der Waals surface area contributed by atoms with Gasteiger partial charge >= 0.3 is 17.9 Å². The number of nitrogens with zero attached hydrogens (tertiary/aromatic N) is 3. The molecule has 0 aliphatic heterocycles. The van der Waals surface area contributed by atoms with Gasteiger partial charge in [0.15, 0.2) is 0 Å². The van der Waals surface area contributed by atoms with Crippen LogP contribution >= 0.6 is 0 Å². The van der Waals surface area contributed by atoms with Gasteiger partial charge in [0.25, 0.3) is 0 Å². The molecule has 15 heteroatoms. The summed E-state index contributed by atoms with van der Waals surface area (Å²) in [5.74, 6) is -3.92. The second-order valence-corrected chi connectivity index (χ2v) is 7.86. The van der Waals surface area contributed by atoms with E-state index in [9.17, 15) is 29.1 Å². The summed E-state index contributed by atoms with van der Waals surface area (Å²) in [5.41, 5.74) is 0.